The average Bonchev–Trinajstić information content (AvgIpc) is 2.16. The third-order valence-corrected chi connectivity index (χ3v) is 3.16. The molecule has 1 aliphatic carbocycles. The van der Waals surface area contributed by atoms with Crippen molar-refractivity contribution in [1.82, 2.24) is 5.32 Å². The van der Waals surface area contributed by atoms with E-state index in [9.17, 15) is 18.0 Å². The predicted octanol–water partition coefficient (Wildman–Crippen LogP) is 2.17. The Morgan fingerprint density at radius 3 is 2.31 bits per heavy atom. The molecule has 2 N–H and O–H groups in total. The van der Waals surface area contributed by atoms with Crippen LogP contribution in [0.3, 0.4) is 0 Å². The lowest BCUT2D eigenvalue weighted by molar-refractivity contribution is -0.152. The molecule has 0 aliphatic heterocycles. The van der Waals surface area contributed by atoms with Gasteiger partial charge in [-0.2, -0.15) is 13.2 Å². The van der Waals surface area contributed by atoms with E-state index >= 15 is 0 Å². The van der Waals surface area contributed by atoms with E-state index in [-0.39, 0.29) is 12.8 Å². The molecule has 0 aromatic rings. The van der Waals surface area contributed by atoms with Gasteiger partial charge in [-0.3, -0.25) is 10.1 Å². The van der Waals surface area contributed by atoms with Gasteiger partial charge >= 0.3 is 12.1 Å². The van der Waals surface area contributed by atoms with Gasteiger partial charge in [0.25, 0.3) is 0 Å². The summed E-state index contributed by atoms with van der Waals surface area (Å²) >= 11 is 0. The minimum atomic E-state index is -4.37. The number of rotatable bonds is 3. The van der Waals surface area contributed by atoms with Crippen LogP contribution in [0.1, 0.15) is 32.6 Å². The Kier molecular flexibility index (Phi) is 3.83. The first kappa shape index (κ1) is 13.3. The molecule has 0 unspecified atom stereocenters. The summed E-state index contributed by atoms with van der Waals surface area (Å²) in [6, 6.07) is 0. The normalized spacial score (nSPS) is 31.4. The quantitative estimate of drug-likeness (QED) is 0.793. The molecule has 1 fully saturated rings. The molecule has 0 amide bonds. The standard InChI is InChI=1S/C10H16F3NO2/c1-7-2-4-9(5-3-7,8(15)16)14-6-10(11,12)13/h7,14H,2-6H2,1H3,(H,15,16). The van der Waals surface area contributed by atoms with Gasteiger partial charge in [0.2, 0.25) is 0 Å². The maximum Gasteiger partial charge on any atom is 0.401 e. The monoisotopic (exact) mass is 239 g/mol. The van der Waals surface area contributed by atoms with Crippen LogP contribution in [0.2, 0.25) is 0 Å². The van der Waals surface area contributed by atoms with E-state index in [0.29, 0.717) is 18.8 Å². The Morgan fingerprint density at radius 1 is 1.44 bits per heavy atom. The van der Waals surface area contributed by atoms with E-state index in [4.69, 9.17) is 5.11 Å². The number of hydrogen-bond acceptors (Lipinski definition) is 2. The molecule has 3 nitrogen and oxygen atoms in total. The highest BCUT2D eigenvalue weighted by Gasteiger charge is 2.43. The first-order valence-electron chi connectivity index (χ1n) is 5.30. The van der Waals surface area contributed by atoms with E-state index in [1.54, 1.807) is 0 Å². The molecular weight excluding hydrogens is 223 g/mol. The smallest absolute Gasteiger partial charge is 0.401 e. The van der Waals surface area contributed by atoms with E-state index in [0.717, 1.165) is 0 Å². The Balaban J connectivity index is 2.64. The number of halogens is 3. The average molecular weight is 239 g/mol. The van der Waals surface area contributed by atoms with Crippen molar-refractivity contribution in [2.75, 3.05) is 6.54 Å². The summed E-state index contributed by atoms with van der Waals surface area (Å²) in [6.07, 6.45) is -2.54. The third-order valence-electron chi connectivity index (χ3n) is 3.16. The van der Waals surface area contributed by atoms with Crippen LogP contribution >= 0.6 is 0 Å². The summed E-state index contributed by atoms with van der Waals surface area (Å²) in [5.41, 5.74) is -1.39. The van der Waals surface area contributed by atoms with Gasteiger partial charge in [-0.05, 0) is 31.6 Å². The van der Waals surface area contributed by atoms with Gasteiger partial charge in [-0.15, -0.1) is 0 Å². The fraction of sp³-hybridized carbons (Fsp3) is 0.900. The lowest BCUT2D eigenvalue weighted by atomic mass is 9.77. The zero-order valence-electron chi connectivity index (χ0n) is 9.10. The summed E-state index contributed by atoms with van der Waals surface area (Å²) < 4.78 is 36.2. The highest BCUT2D eigenvalue weighted by atomic mass is 19.4. The third kappa shape index (κ3) is 3.37. The van der Waals surface area contributed by atoms with Gasteiger partial charge in [0.15, 0.2) is 0 Å². The summed E-state index contributed by atoms with van der Waals surface area (Å²) in [6.45, 7) is 0.739. The molecule has 16 heavy (non-hydrogen) atoms. The molecule has 0 aromatic heterocycles. The van der Waals surface area contributed by atoms with Crippen LogP contribution in [0.25, 0.3) is 0 Å². The molecule has 0 saturated heterocycles. The second kappa shape index (κ2) is 4.61. The van der Waals surface area contributed by atoms with Crippen LogP contribution in [0.4, 0.5) is 13.2 Å². The van der Waals surface area contributed by atoms with Gasteiger partial charge in [0.1, 0.15) is 5.54 Å². The van der Waals surface area contributed by atoms with E-state index in [2.05, 4.69) is 5.32 Å². The second-order valence-electron chi connectivity index (χ2n) is 4.54. The summed E-state index contributed by atoms with van der Waals surface area (Å²) in [4.78, 5) is 11.1. The van der Waals surface area contributed by atoms with Crippen molar-refractivity contribution in [1.29, 1.82) is 0 Å². The van der Waals surface area contributed by atoms with Gasteiger partial charge in [-0.25, -0.2) is 0 Å². The molecule has 1 saturated carbocycles. The minimum absolute atomic E-state index is 0.263. The van der Waals surface area contributed by atoms with E-state index < -0.39 is 24.2 Å². The van der Waals surface area contributed by atoms with Crippen molar-refractivity contribution in [3.63, 3.8) is 0 Å². The summed E-state index contributed by atoms with van der Waals surface area (Å²) in [5, 5.41) is 11.2. The molecular formula is C10H16F3NO2. The fourth-order valence-corrected chi connectivity index (χ4v) is 1.99. The van der Waals surface area contributed by atoms with Crippen molar-refractivity contribution >= 4 is 5.97 Å². The summed E-state index contributed by atoms with van der Waals surface area (Å²) in [7, 11) is 0. The lowest BCUT2D eigenvalue weighted by Gasteiger charge is -2.36. The van der Waals surface area contributed by atoms with Crippen LogP contribution in [0, 0.1) is 5.92 Å². The van der Waals surface area contributed by atoms with E-state index in [1.165, 1.54) is 0 Å². The number of aliphatic carboxylic acids is 1. The largest absolute Gasteiger partial charge is 0.480 e. The number of hydrogen-bond donors (Lipinski definition) is 2. The molecule has 0 heterocycles. The Morgan fingerprint density at radius 2 is 1.94 bits per heavy atom. The molecule has 0 bridgehead atoms. The number of nitrogens with one attached hydrogen (secondary N) is 1. The van der Waals surface area contributed by atoms with Gasteiger partial charge in [-0.1, -0.05) is 6.92 Å². The lowest BCUT2D eigenvalue weighted by Crippen LogP contribution is -2.56. The molecule has 0 radical (unpaired) electrons. The molecule has 0 spiro atoms. The van der Waals surface area contributed by atoms with Crippen LogP contribution in [0.15, 0.2) is 0 Å². The van der Waals surface area contributed by atoms with Crippen molar-refractivity contribution in [2.24, 2.45) is 5.92 Å². The number of alkyl halides is 3. The SMILES string of the molecule is CC1CCC(NCC(F)(F)F)(C(=O)O)CC1. The van der Waals surface area contributed by atoms with Crippen molar-refractivity contribution in [3.05, 3.63) is 0 Å². The van der Waals surface area contributed by atoms with Crippen molar-refractivity contribution in [2.45, 2.75) is 44.3 Å². The maximum absolute atomic E-state index is 12.1. The first-order chi connectivity index (χ1) is 7.25. The Bertz CT molecular complexity index is 257. The second-order valence-corrected chi connectivity index (χ2v) is 4.54. The predicted molar refractivity (Wildman–Crippen MR) is 52.1 cm³/mol. The van der Waals surface area contributed by atoms with Crippen molar-refractivity contribution in [3.8, 4) is 0 Å². The number of carboxylic acids is 1. The Labute approximate surface area is 92.0 Å². The maximum atomic E-state index is 12.1. The molecule has 0 aromatic carbocycles. The number of carbonyl (C=O) groups is 1. The van der Waals surface area contributed by atoms with Crippen LogP contribution in [0.5, 0.6) is 0 Å². The highest BCUT2D eigenvalue weighted by Crippen LogP contribution is 2.32. The highest BCUT2D eigenvalue weighted by molar-refractivity contribution is 5.78. The molecule has 0 atom stereocenters. The molecule has 6 heteroatoms. The molecule has 1 aliphatic rings. The summed E-state index contributed by atoms with van der Waals surface area (Å²) in [5.74, 6) is -0.788. The molecule has 1 rings (SSSR count). The van der Waals surface area contributed by atoms with Gasteiger partial charge in [0, 0.05) is 0 Å². The first-order valence-corrected chi connectivity index (χ1v) is 5.30. The van der Waals surface area contributed by atoms with Crippen LogP contribution in [-0.2, 0) is 4.79 Å². The van der Waals surface area contributed by atoms with Crippen LogP contribution < -0.4 is 5.32 Å². The van der Waals surface area contributed by atoms with Crippen molar-refractivity contribution < 1.29 is 23.1 Å². The Hall–Kier alpha value is -0.780. The zero-order valence-corrected chi connectivity index (χ0v) is 9.10. The minimum Gasteiger partial charge on any atom is -0.480 e. The van der Waals surface area contributed by atoms with Crippen LogP contribution in [-0.4, -0.2) is 29.3 Å². The van der Waals surface area contributed by atoms with Gasteiger partial charge in [0.05, 0.1) is 6.54 Å². The topological polar surface area (TPSA) is 49.3 Å². The van der Waals surface area contributed by atoms with Gasteiger partial charge < -0.3 is 5.11 Å². The molecule has 94 valence electrons. The van der Waals surface area contributed by atoms with E-state index in [1.807, 2.05) is 6.92 Å². The number of carboxylic acid groups (broad SMARTS) is 1. The fourth-order valence-electron chi connectivity index (χ4n) is 1.99. The zero-order chi connectivity index (χ0) is 12.4.